The van der Waals surface area contributed by atoms with Crippen molar-refractivity contribution in [2.45, 2.75) is 45.3 Å². The van der Waals surface area contributed by atoms with E-state index in [4.69, 9.17) is 0 Å². The maximum Gasteiger partial charge on any atom is 0.318 e. The van der Waals surface area contributed by atoms with E-state index in [1.807, 2.05) is 48.9 Å². The average Bonchev–Trinajstić information content (AvgIpc) is 3.12. The van der Waals surface area contributed by atoms with Gasteiger partial charge in [0.15, 0.2) is 0 Å². The lowest BCUT2D eigenvalue weighted by atomic mass is 9.98. The van der Waals surface area contributed by atoms with Gasteiger partial charge in [-0.2, -0.15) is 5.10 Å². The smallest absolute Gasteiger partial charge is 0.318 e. The number of fused-ring (bicyclic) bond motifs is 2. The summed E-state index contributed by atoms with van der Waals surface area (Å²) < 4.78 is 1.73. The molecule has 4 rings (SSSR count). The van der Waals surface area contributed by atoms with E-state index in [1.165, 1.54) is 0 Å². The van der Waals surface area contributed by atoms with E-state index in [0.29, 0.717) is 18.7 Å². The van der Waals surface area contributed by atoms with Crippen LogP contribution in [-0.4, -0.2) is 62.6 Å². The van der Waals surface area contributed by atoms with Gasteiger partial charge in [0, 0.05) is 25.3 Å². The van der Waals surface area contributed by atoms with Crippen molar-refractivity contribution in [3.05, 3.63) is 35.7 Å². The topological polar surface area (TPSA) is 70.0 Å². The van der Waals surface area contributed by atoms with Crippen molar-refractivity contribution >= 4 is 17.5 Å². The Balaban J connectivity index is 1.56. The Morgan fingerprint density at radius 1 is 1.40 bits per heavy atom. The normalized spacial score (nSPS) is 23.3. The molecule has 7 nitrogen and oxygen atoms in total. The lowest BCUT2D eigenvalue weighted by Crippen LogP contribution is -2.53. The molecule has 2 aromatic rings. The molecule has 2 aliphatic rings. The van der Waals surface area contributed by atoms with Crippen LogP contribution in [0.15, 0.2) is 24.5 Å². The van der Waals surface area contributed by atoms with Crippen molar-refractivity contribution < 1.29 is 9.59 Å². The molecule has 7 heteroatoms. The number of likely N-dealkylation sites (tertiary alicyclic amines) is 1. The van der Waals surface area contributed by atoms with Gasteiger partial charge < -0.3 is 15.1 Å². The maximum absolute atomic E-state index is 13.0. The lowest BCUT2D eigenvalue weighted by Gasteiger charge is -2.37. The predicted octanol–water partition coefficient (Wildman–Crippen LogP) is 1.66. The van der Waals surface area contributed by atoms with Crippen molar-refractivity contribution in [2.75, 3.05) is 13.1 Å². The summed E-state index contributed by atoms with van der Waals surface area (Å²) in [4.78, 5) is 29.0. The quantitative estimate of drug-likeness (QED) is 0.903. The van der Waals surface area contributed by atoms with Gasteiger partial charge in [0.25, 0.3) is 5.91 Å². The molecular weight excluding hydrogens is 318 g/mol. The zero-order chi connectivity index (χ0) is 17.7. The molecule has 2 aromatic heterocycles. The number of nitrogens with zero attached hydrogens (tertiary/aromatic N) is 4. The van der Waals surface area contributed by atoms with Gasteiger partial charge in [-0.25, -0.2) is 9.31 Å². The average molecular weight is 341 g/mol. The van der Waals surface area contributed by atoms with E-state index in [0.717, 1.165) is 17.5 Å². The van der Waals surface area contributed by atoms with E-state index < -0.39 is 0 Å². The number of carbonyl (C=O) groups is 2. The maximum atomic E-state index is 13.0. The minimum absolute atomic E-state index is 0.00354. The summed E-state index contributed by atoms with van der Waals surface area (Å²) in [5.41, 5.74) is 2.54. The fourth-order valence-electron chi connectivity index (χ4n) is 4.02. The molecule has 0 spiro atoms. The standard InChI is InChI=1S/C18H23N5O2/c1-11(2)23-15-5-6-21(10-14(15)20-18(23)25)17(24)13-9-19-22-7-4-12(3)8-16(13)22/h4,7-9,11,14-15H,5-6,10H2,1-3H3,(H,20,25)/t14-,15+/m1/s1. The predicted molar refractivity (Wildman–Crippen MR) is 93.5 cm³/mol. The third-order valence-electron chi connectivity index (χ3n) is 5.23. The molecule has 2 atom stereocenters. The number of amides is 3. The van der Waals surface area contributed by atoms with E-state index in [9.17, 15) is 9.59 Å². The van der Waals surface area contributed by atoms with Crippen LogP contribution < -0.4 is 5.32 Å². The number of aromatic nitrogens is 2. The minimum Gasteiger partial charge on any atom is -0.336 e. The van der Waals surface area contributed by atoms with Crippen molar-refractivity contribution in [1.29, 1.82) is 0 Å². The molecule has 0 radical (unpaired) electrons. The van der Waals surface area contributed by atoms with E-state index in [-0.39, 0.29) is 30.1 Å². The second kappa shape index (κ2) is 5.75. The number of nitrogens with one attached hydrogen (secondary N) is 1. The van der Waals surface area contributed by atoms with Crippen molar-refractivity contribution in [3.63, 3.8) is 0 Å². The highest BCUT2D eigenvalue weighted by atomic mass is 16.2. The summed E-state index contributed by atoms with van der Waals surface area (Å²) in [5.74, 6) is -0.0173. The summed E-state index contributed by atoms with van der Waals surface area (Å²) in [7, 11) is 0. The Morgan fingerprint density at radius 3 is 2.96 bits per heavy atom. The highest BCUT2D eigenvalue weighted by molar-refractivity contribution is 6.00. The molecule has 0 aromatic carbocycles. The van der Waals surface area contributed by atoms with Gasteiger partial charge in [0.2, 0.25) is 0 Å². The molecule has 3 amide bonds. The molecule has 132 valence electrons. The van der Waals surface area contributed by atoms with E-state index in [1.54, 1.807) is 10.7 Å². The van der Waals surface area contributed by atoms with Gasteiger partial charge in [0.1, 0.15) is 0 Å². The number of pyridine rings is 1. The van der Waals surface area contributed by atoms with E-state index >= 15 is 0 Å². The Bertz CT molecular complexity index is 843. The molecule has 0 saturated carbocycles. The highest BCUT2D eigenvalue weighted by Gasteiger charge is 2.44. The van der Waals surface area contributed by atoms with Crippen LogP contribution in [0.25, 0.3) is 5.52 Å². The molecule has 2 aliphatic heterocycles. The summed E-state index contributed by atoms with van der Waals surface area (Å²) in [6, 6.07) is 4.25. The summed E-state index contributed by atoms with van der Waals surface area (Å²) >= 11 is 0. The number of hydrogen-bond acceptors (Lipinski definition) is 3. The van der Waals surface area contributed by atoms with Gasteiger partial charge in [0.05, 0.1) is 29.4 Å². The summed E-state index contributed by atoms with van der Waals surface area (Å²) in [6.07, 6.45) is 4.30. The highest BCUT2D eigenvalue weighted by Crippen LogP contribution is 2.26. The van der Waals surface area contributed by atoms with Gasteiger partial charge in [-0.05, 0) is 44.9 Å². The fourth-order valence-corrected chi connectivity index (χ4v) is 4.02. The molecule has 2 fully saturated rings. The third-order valence-corrected chi connectivity index (χ3v) is 5.23. The molecule has 0 bridgehead atoms. The summed E-state index contributed by atoms with van der Waals surface area (Å²) in [6.45, 7) is 7.26. The van der Waals surface area contributed by atoms with Crippen LogP contribution in [0.5, 0.6) is 0 Å². The Hall–Kier alpha value is -2.57. The number of hydrogen-bond donors (Lipinski definition) is 1. The molecule has 25 heavy (non-hydrogen) atoms. The Morgan fingerprint density at radius 2 is 2.20 bits per heavy atom. The first-order valence-corrected chi connectivity index (χ1v) is 8.78. The number of urea groups is 1. The van der Waals surface area contributed by atoms with Gasteiger partial charge in [-0.1, -0.05) is 0 Å². The first kappa shape index (κ1) is 15.9. The molecular formula is C18H23N5O2. The molecule has 2 saturated heterocycles. The molecule has 1 N–H and O–H groups in total. The second-order valence-corrected chi connectivity index (χ2v) is 7.26. The summed E-state index contributed by atoms with van der Waals surface area (Å²) in [5, 5.41) is 7.32. The molecule has 0 aliphatic carbocycles. The largest absolute Gasteiger partial charge is 0.336 e. The SMILES string of the molecule is Cc1ccn2ncc(C(=O)N3CC[C@H]4[C@@H](C3)NC(=O)N4C(C)C)c2c1. The third kappa shape index (κ3) is 2.54. The lowest BCUT2D eigenvalue weighted by molar-refractivity contribution is 0.0646. The van der Waals surface area contributed by atoms with Crippen LogP contribution in [0.4, 0.5) is 4.79 Å². The zero-order valence-electron chi connectivity index (χ0n) is 14.8. The van der Waals surface area contributed by atoms with Gasteiger partial charge >= 0.3 is 6.03 Å². The molecule has 0 unspecified atom stereocenters. The first-order chi connectivity index (χ1) is 12.0. The van der Waals surface area contributed by atoms with Crippen molar-refractivity contribution in [3.8, 4) is 0 Å². The van der Waals surface area contributed by atoms with Crippen LogP contribution in [0.2, 0.25) is 0 Å². The molecule has 4 heterocycles. The van der Waals surface area contributed by atoms with Crippen molar-refractivity contribution in [1.82, 2.24) is 24.7 Å². The number of piperidine rings is 1. The Labute approximate surface area is 146 Å². The van der Waals surface area contributed by atoms with Crippen LogP contribution in [0.1, 0.15) is 36.2 Å². The minimum atomic E-state index is -0.0223. The van der Waals surface area contributed by atoms with Crippen LogP contribution >= 0.6 is 0 Å². The van der Waals surface area contributed by atoms with Gasteiger partial charge in [-0.3, -0.25) is 4.79 Å². The number of carbonyl (C=O) groups excluding carboxylic acids is 2. The van der Waals surface area contributed by atoms with Crippen LogP contribution in [0, 0.1) is 6.92 Å². The Kier molecular flexibility index (Phi) is 3.67. The number of rotatable bonds is 2. The second-order valence-electron chi connectivity index (χ2n) is 7.26. The van der Waals surface area contributed by atoms with E-state index in [2.05, 4.69) is 10.4 Å². The fraction of sp³-hybridized carbons (Fsp3) is 0.500. The zero-order valence-corrected chi connectivity index (χ0v) is 14.8. The first-order valence-electron chi connectivity index (χ1n) is 8.78. The van der Waals surface area contributed by atoms with Crippen LogP contribution in [-0.2, 0) is 0 Å². The van der Waals surface area contributed by atoms with Crippen molar-refractivity contribution in [2.24, 2.45) is 0 Å². The van der Waals surface area contributed by atoms with Gasteiger partial charge in [-0.15, -0.1) is 0 Å². The van der Waals surface area contributed by atoms with Crippen LogP contribution in [0.3, 0.4) is 0 Å². The monoisotopic (exact) mass is 341 g/mol. The number of aryl methyl sites for hydroxylation is 1.